The lowest BCUT2D eigenvalue weighted by Gasteiger charge is -2.07. The third-order valence-corrected chi connectivity index (χ3v) is 2.34. The van der Waals surface area contributed by atoms with E-state index < -0.39 is 17.6 Å². The fraction of sp³-hybridized carbons (Fsp3) is 0.0769. The van der Waals surface area contributed by atoms with Gasteiger partial charge >= 0.3 is 5.97 Å². The third kappa shape index (κ3) is 3.25. The normalized spacial score (nSPS) is 10.2. The zero-order valence-corrected chi connectivity index (χ0v) is 9.64. The first-order valence-corrected chi connectivity index (χ1v) is 5.32. The second kappa shape index (κ2) is 5.43. The van der Waals surface area contributed by atoms with Gasteiger partial charge in [0.1, 0.15) is 12.4 Å². The Kier molecular flexibility index (Phi) is 3.70. The maximum Gasteiger partial charge on any atom is 0.335 e. The van der Waals surface area contributed by atoms with Gasteiger partial charge in [0.05, 0.1) is 17.5 Å². The molecule has 0 aliphatic carbocycles. The Labute approximate surface area is 107 Å². The van der Waals surface area contributed by atoms with E-state index in [0.29, 0.717) is 5.69 Å². The smallest absolute Gasteiger partial charge is 0.335 e. The molecular weight excluding hydrogens is 256 g/mol. The van der Waals surface area contributed by atoms with Gasteiger partial charge in [0.25, 0.3) is 0 Å². The highest BCUT2D eigenvalue weighted by molar-refractivity contribution is 5.87. The molecule has 1 aromatic carbocycles. The molecule has 0 atom stereocenters. The van der Waals surface area contributed by atoms with Crippen molar-refractivity contribution in [3.8, 4) is 5.75 Å². The number of benzene rings is 1. The van der Waals surface area contributed by atoms with E-state index in [-0.39, 0.29) is 17.9 Å². The molecule has 4 nitrogen and oxygen atoms in total. The minimum atomic E-state index is -1.22. The zero-order valence-electron chi connectivity index (χ0n) is 9.64. The molecule has 1 heterocycles. The lowest BCUT2D eigenvalue weighted by atomic mass is 10.2. The van der Waals surface area contributed by atoms with Crippen LogP contribution in [0.25, 0.3) is 0 Å². The molecule has 6 heteroatoms. The number of aromatic nitrogens is 1. The summed E-state index contributed by atoms with van der Waals surface area (Å²) in [5, 5.41) is 8.68. The maximum atomic E-state index is 13.5. The van der Waals surface area contributed by atoms with Crippen molar-refractivity contribution in [2.24, 2.45) is 0 Å². The van der Waals surface area contributed by atoms with Crippen LogP contribution < -0.4 is 4.74 Å². The average Bonchev–Trinajstić information content (AvgIpc) is 2.39. The summed E-state index contributed by atoms with van der Waals surface area (Å²) in [6, 6.07) is 5.96. The van der Waals surface area contributed by atoms with Gasteiger partial charge in [-0.3, -0.25) is 4.98 Å². The van der Waals surface area contributed by atoms with Gasteiger partial charge in [-0.15, -0.1) is 0 Å². The van der Waals surface area contributed by atoms with Crippen LogP contribution in [0.1, 0.15) is 16.1 Å². The number of hydrogen-bond acceptors (Lipinski definition) is 3. The number of halogens is 2. The minimum Gasteiger partial charge on any atom is -0.484 e. The molecule has 0 spiro atoms. The van der Waals surface area contributed by atoms with Gasteiger partial charge in [0, 0.05) is 0 Å². The molecule has 0 saturated heterocycles. The molecule has 0 unspecified atom stereocenters. The molecule has 2 aromatic rings. The fourth-order valence-corrected chi connectivity index (χ4v) is 1.39. The molecule has 1 N–H and O–H groups in total. The van der Waals surface area contributed by atoms with Crippen molar-refractivity contribution in [2.75, 3.05) is 0 Å². The van der Waals surface area contributed by atoms with Gasteiger partial charge in [-0.2, -0.15) is 0 Å². The number of ether oxygens (including phenoxy) is 1. The summed E-state index contributed by atoms with van der Waals surface area (Å²) in [4.78, 5) is 14.4. The number of pyridine rings is 1. The highest BCUT2D eigenvalue weighted by Crippen LogP contribution is 2.19. The third-order valence-electron chi connectivity index (χ3n) is 2.34. The number of nitrogens with zero attached hydrogens (tertiary/aromatic N) is 1. The van der Waals surface area contributed by atoms with E-state index in [9.17, 15) is 13.6 Å². The van der Waals surface area contributed by atoms with Crippen LogP contribution >= 0.6 is 0 Å². The van der Waals surface area contributed by atoms with Crippen LogP contribution in [0.4, 0.5) is 8.78 Å². The predicted molar refractivity (Wildman–Crippen MR) is 61.9 cm³/mol. The summed E-state index contributed by atoms with van der Waals surface area (Å²) in [5.74, 6) is -2.55. The summed E-state index contributed by atoms with van der Waals surface area (Å²) in [5.41, 5.74) is 0.271. The number of carbonyl (C=O) groups is 1. The van der Waals surface area contributed by atoms with Crippen molar-refractivity contribution >= 4 is 5.97 Å². The van der Waals surface area contributed by atoms with E-state index >= 15 is 0 Å². The summed E-state index contributed by atoms with van der Waals surface area (Å²) >= 11 is 0. The van der Waals surface area contributed by atoms with Gasteiger partial charge < -0.3 is 9.84 Å². The molecule has 0 aliphatic heterocycles. The van der Waals surface area contributed by atoms with E-state index in [0.717, 1.165) is 12.3 Å². The van der Waals surface area contributed by atoms with E-state index in [1.165, 1.54) is 24.3 Å². The van der Waals surface area contributed by atoms with Crippen molar-refractivity contribution < 1.29 is 23.4 Å². The first-order valence-electron chi connectivity index (χ1n) is 5.32. The van der Waals surface area contributed by atoms with Crippen LogP contribution in [0.5, 0.6) is 5.75 Å². The predicted octanol–water partition coefficient (Wildman–Crippen LogP) is 2.64. The highest BCUT2D eigenvalue weighted by Gasteiger charge is 2.09. The van der Waals surface area contributed by atoms with Crippen LogP contribution in [0.3, 0.4) is 0 Å². The van der Waals surface area contributed by atoms with Gasteiger partial charge in [-0.25, -0.2) is 13.6 Å². The van der Waals surface area contributed by atoms with Crippen LogP contribution in [0, 0.1) is 11.6 Å². The maximum absolute atomic E-state index is 13.5. The molecule has 0 saturated carbocycles. The molecule has 0 radical (unpaired) electrons. The lowest BCUT2D eigenvalue weighted by Crippen LogP contribution is -2.02. The summed E-state index contributed by atoms with van der Waals surface area (Å²) in [7, 11) is 0. The average molecular weight is 265 g/mol. The summed E-state index contributed by atoms with van der Waals surface area (Å²) in [6.45, 7) is -0.0381. The SMILES string of the molecule is O=C(O)c1ccc(OCc2ccc(F)cn2)c(F)c1. The second-order valence-corrected chi connectivity index (χ2v) is 3.71. The first kappa shape index (κ1) is 12.9. The number of rotatable bonds is 4. The molecule has 0 amide bonds. The number of carboxylic acid groups (broad SMARTS) is 1. The van der Waals surface area contributed by atoms with E-state index in [2.05, 4.69) is 4.98 Å². The molecule has 0 fully saturated rings. The Balaban J connectivity index is 2.07. The van der Waals surface area contributed by atoms with Crippen molar-refractivity contribution in [1.29, 1.82) is 0 Å². The molecular formula is C13H9F2NO3. The Bertz CT molecular complexity index is 599. The standard InChI is InChI=1S/C13H9F2NO3/c14-9-2-3-10(16-6-9)7-19-12-4-1-8(13(17)18)5-11(12)15/h1-6H,7H2,(H,17,18). The van der Waals surface area contributed by atoms with Crippen molar-refractivity contribution in [3.63, 3.8) is 0 Å². The Morgan fingerprint density at radius 1 is 1.26 bits per heavy atom. The Morgan fingerprint density at radius 2 is 2.05 bits per heavy atom. The van der Waals surface area contributed by atoms with E-state index in [4.69, 9.17) is 9.84 Å². The number of aromatic carboxylic acids is 1. The van der Waals surface area contributed by atoms with Crippen molar-refractivity contribution in [1.82, 2.24) is 4.98 Å². The highest BCUT2D eigenvalue weighted by atomic mass is 19.1. The van der Waals surface area contributed by atoms with Crippen LogP contribution in [-0.4, -0.2) is 16.1 Å². The zero-order chi connectivity index (χ0) is 13.8. The summed E-state index contributed by atoms with van der Waals surface area (Å²) < 4.78 is 31.3. The molecule has 1 aromatic heterocycles. The van der Waals surface area contributed by atoms with Gasteiger partial charge in [-0.1, -0.05) is 0 Å². The molecule has 98 valence electrons. The Morgan fingerprint density at radius 3 is 2.63 bits per heavy atom. The molecule has 0 bridgehead atoms. The first-order chi connectivity index (χ1) is 9.06. The van der Waals surface area contributed by atoms with E-state index in [1.54, 1.807) is 0 Å². The Hall–Kier alpha value is -2.50. The topological polar surface area (TPSA) is 59.4 Å². The second-order valence-electron chi connectivity index (χ2n) is 3.71. The number of carboxylic acids is 1. The monoisotopic (exact) mass is 265 g/mol. The summed E-state index contributed by atoms with van der Waals surface area (Å²) in [6.07, 6.45) is 1.03. The van der Waals surface area contributed by atoms with Gasteiger partial charge in [-0.05, 0) is 30.3 Å². The fourth-order valence-electron chi connectivity index (χ4n) is 1.39. The quantitative estimate of drug-likeness (QED) is 0.923. The largest absolute Gasteiger partial charge is 0.484 e. The lowest BCUT2D eigenvalue weighted by molar-refractivity contribution is 0.0696. The van der Waals surface area contributed by atoms with Crippen LogP contribution in [0.2, 0.25) is 0 Å². The molecule has 2 rings (SSSR count). The molecule has 19 heavy (non-hydrogen) atoms. The van der Waals surface area contributed by atoms with Crippen molar-refractivity contribution in [2.45, 2.75) is 6.61 Å². The van der Waals surface area contributed by atoms with Gasteiger partial charge in [0.2, 0.25) is 0 Å². The van der Waals surface area contributed by atoms with Crippen LogP contribution in [-0.2, 0) is 6.61 Å². The molecule has 0 aliphatic rings. The van der Waals surface area contributed by atoms with Gasteiger partial charge in [0.15, 0.2) is 11.6 Å². The van der Waals surface area contributed by atoms with E-state index in [1.807, 2.05) is 0 Å². The van der Waals surface area contributed by atoms with Crippen molar-refractivity contribution in [3.05, 3.63) is 59.4 Å². The minimum absolute atomic E-state index is 0.0381. The van der Waals surface area contributed by atoms with Crippen LogP contribution in [0.15, 0.2) is 36.5 Å². The number of hydrogen-bond donors (Lipinski definition) is 1.